The lowest BCUT2D eigenvalue weighted by molar-refractivity contribution is 0.147. The average Bonchev–Trinajstić information content (AvgIpc) is 3.46. The molecule has 0 radical (unpaired) electrons. The van der Waals surface area contributed by atoms with Crippen molar-refractivity contribution in [3.8, 4) is 10.6 Å². The zero-order valence-corrected chi connectivity index (χ0v) is 17.7. The van der Waals surface area contributed by atoms with Gasteiger partial charge in [0.05, 0.1) is 29.8 Å². The van der Waals surface area contributed by atoms with E-state index in [0.717, 1.165) is 33.6 Å². The van der Waals surface area contributed by atoms with E-state index in [1.807, 2.05) is 57.9 Å². The summed E-state index contributed by atoms with van der Waals surface area (Å²) in [6, 6.07) is 10.0. The molecule has 4 heterocycles. The summed E-state index contributed by atoms with van der Waals surface area (Å²) in [5, 5.41) is 29.0. The quantitative estimate of drug-likeness (QED) is 0.334. The number of fused-ring (bicyclic) bond motifs is 1. The van der Waals surface area contributed by atoms with Gasteiger partial charge in [-0.1, -0.05) is 12.1 Å². The second-order valence-corrected chi connectivity index (χ2v) is 8.17. The van der Waals surface area contributed by atoms with E-state index in [2.05, 4.69) is 15.4 Å². The summed E-state index contributed by atoms with van der Waals surface area (Å²) in [6.45, 7) is 3.38. The molecule has 9 heteroatoms. The minimum absolute atomic E-state index is 0.0526. The molecule has 3 N–H and O–H groups in total. The summed E-state index contributed by atoms with van der Waals surface area (Å²) >= 11 is 1.65. The minimum atomic E-state index is -0.573. The number of nitrogens with one attached hydrogen (secondary N) is 1. The van der Waals surface area contributed by atoms with Crippen molar-refractivity contribution in [2.75, 3.05) is 19.7 Å². The van der Waals surface area contributed by atoms with Crippen molar-refractivity contribution >= 4 is 17.0 Å². The van der Waals surface area contributed by atoms with Crippen LogP contribution in [0.4, 0.5) is 0 Å². The van der Waals surface area contributed by atoms with Gasteiger partial charge in [-0.3, -0.25) is 0 Å². The molecule has 1 atom stereocenters. The van der Waals surface area contributed by atoms with E-state index in [1.165, 1.54) is 0 Å². The van der Waals surface area contributed by atoms with Crippen molar-refractivity contribution < 1.29 is 10.2 Å². The molecule has 4 aromatic rings. The molecule has 8 nitrogen and oxygen atoms in total. The summed E-state index contributed by atoms with van der Waals surface area (Å²) < 4.78 is 3.87. The van der Waals surface area contributed by atoms with Crippen LogP contribution in [0.5, 0.6) is 0 Å². The highest BCUT2D eigenvalue weighted by molar-refractivity contribution is 7.13. The van der Waals surface area contributed by atoms with Crippen LogP contribution in [0.2, 0.25) is 0 Å². The first kappa shape index (κ1) is 20.7. The van der Waals surface area contributed by atoms with Crippen LogP contribution < -0.4 is 5.32 Å². The van der Waals surface area contributed by atoms with Crippen molar-refractivity contribution in [1.29, 1.82) is 0 Å². The molecule has 0 fully saturated rings. The van der Waals surface area contributed by atoms with Gasteiger partial charge in [0.15, 0.2) is 11.5 Å². The standard InChI is InChI=1S/C21H26N6O2S/c1-15-4-2-6-21-24-19(25-27(15)21)7-8-20-23-17(18-5-3-11-30-18)14-26(20)13-16(29)12-22-9-10-28/h2-6,11,14,16,22,28-29H,7-10,12-13H2,1H3. The number of rotatable bonds is 10. The molecular weight excluding hydrogens is 400 g/mol. The zero-order chi connectivity index (χ0) is 20.9. The molecule has 0 saturated carbocycles. The molecule has 0 aliphatic carbocycles. The first-order valence-electron chi connectivity index (χ1n) is 10.0. The van der Waals surface area contributed by atoms with Crippen molar-refractivity contribution in [1.82, 2.24) is 29.5 Å². The van der Waals surface area contributed by atoms with Gasteiger partial charge in [0, 0.05) is 37.8 Å². The third-order valence-electron chi connectivity index (χ3n) is 4.87. The maximum absolute atomic E-state index is 10.4. The SMILES string of the molecule is Cc1cccc2nc(CCc3nc(-c4cccs4)cn3CC(O)CNCCO)nn12. The van der Waals surface area contributed by atoms with Gasteiger partial charge in [0.25, 0.3) is 0 Å². The van der Waals surface area contributed by atoms with Crippen molar-refractivity contribution in [2.45, 2.75) is 32.4 Å². The van der Waals surface area contributed by atoms with Gasteiger partial charge in [-0.2, -0.15) is 5.10 Å². The fourth-order valence-electron chi connectivity index (χ4n) is 3.40. The first-order chi connectivity index (χ1) is 14.6. The second kappa shape index (κ2) is 9.48. The number of imidazole rings is 1. The number of hydrogen-bond acceptors (Lipinski definition) is 7. The maximum atomic E-state index is 10.4. The number of aryl methyl sites for hydroxylation is 3. The van der Waals surface area contributed by atoms with Crippen LogP contribution in [-0.2, 0) is 19.4 Å². The normalized spacial score (nSPS) is 12.6. The van der Waals surface area contributed by atoms with E-state index in [-0.39, 0.29) is 6.61 Å². The molecular formula is C21H26N6O2S. The summed E-state index contributed by atoms with van der Waals surface area (Å²) in [5.41, 5.74) is 2.80. The molecule has 0 aromatic carbocycles. The lowest BCUT2D eigenvalue weighted by Gasteiger charge is -2.14. The highest BCUT2D eigenvalue weighted by Crippen LogP contribution is 2.24. The Kier molecular flexibility index (Phi) is 6.53. The maximum Gasteiger partial charge on any atom is 0.155 e. The Labute approximate surface area is 178 Å². The van der Waals surface area contributed by atoms with Crippen LogP contribution in [-0.4, -0.2) is 60.2 Å². The van der Waals surface area contributed by atoms with Crippen molar-refractivity contribution in [2.24, 2.45) is 0 Å². The number of thiophene rings is 1. The first-order valence-corrected chi connectivity index (χ1v) is 10.9. The van der Waals surface area contributed by atoms with Gasteiger partial charge in [-0.25, -0.2) is 14.5 Å². The molecule has 0 aliphatic heterocycles. The second-order valence-electron chi connectivity index (χ2n) is 7.22. The Morgan fingerprint density at radius 1 is 1.17 bits per heavy atom. The predicted molar refractivity (Wildman–Crippen MR) is 117 cm³/mol. The lowest BCUT2D eigenvalue weighted by atomic mass is 10.2. The molecule has 0 saturated heterocycles. The third kappa shape index (κ3) is 4.76. The average molecular weight is 427 g/mol. The Hall–Kier alpha value is -2.59. The molecule has 4 aromatic heterocycles. The molecule has 0 aliphatic rings. The van der Waals surface area contributed by atoms with Gasteiger partial charge in [0.1, 0.15) is 5.82 Å². The summed E-state index contributed by atoms with van der Waals surface area (Å²) in [7, 11) is 0. The number of hydrogen-bond donors (Lipinski definition) is 3. The highest BCUT2D eigenvalue weighted by atomic mass is 32.1. The Bertz CT molecular complexity index is 1090. The fraction of sp³-hybridized carbons (Fsp3) is 0.381. The van der Waals surface area contributed by atoms with Gasteiger partial charge in [-0.15, -0.1) is 11.3 Å². The Balaban J connectivity index is 1.51. The third-order valence-corrected chi connectivity index (χ3v) is 5.77. The predicted octanol–water partition coefficient (Wildman–Crippen LogP) is 1.69. The zero-order valence-electron chi connectivity index (χ0n) is 16.9. The molecule has 0 amide bonds. The summed E-state index contributed by atoms with van der Waals surface area (Å²) in [4.78, 5) is 10.5. The van der Waals surface area contributed by atoms with E-state index < -0.39 is 6.10 Å². The van der Waals surface area contributed by atoms with Crippen LogP contribution >= 0.6 is 11.3 Å². The van der Waals surface area contributed by atoms with Gasteiger partial charge in [-0.05, 0) is 30.5 Å². The molecule has 30 heavy (non-hydrogen) atoms. The van der Waals surface area contributed by atoms with Gasteiger partial charge < -0.3 is 20.1 Å². The summed E-state index contributed by atoms with van der Waals surface area (Å²) in [5.74, 6) is 1.68. The van der Waals surface area contributed by atoms with E-state index in [0.29, 0.717) is 32.5 Å². The molecule has 158 valence electrons. The number of aliphatic hydroxyl groups excluding tert-OH is 2. The Morgan fingerprint density at radius 2 is 2.07 bits per heavy atom. The number of aromatic nitrogens is 5. The van der Waals surface area contributed by atoms with E-state index in [1.54, 1.807) is 11.3 Å². The molecule has 0 bridgehead atoms. The lowest BCUT2D eigenvalue weighted by Crippen LogP contribution is -2.32. The van der Waals surface area contributed by atoms with Gasteiger partial charge >= 0.3 is 0 Å². The van der Waals surface area contributed by atoms with E-state index in [9.17, 15) is 5.11 Å². The Morgan fingerprint density at radius 3 is 2.83 bits per heavy atom. The topological polar surface area (TPSA) is 100 Å². The van der Waals surface area contributed by atoms with Crippen LogP contribution in [0.25, 0.3) is 16.2 Å². The van der Waals surface area contributed by atoms with Crippen LogP contribution in [0.3, 0.4) is 0 Å². The van der Waals surface area contributed by atoms with Crippen molar-refractivity contribution in [3.05, 3.63) is 59.3 Å². The molecule has 1 unspecified atom stereocenters. The van der Waals surface area contributed by atoms with Gasteiger partial charge in [0.2, 0.25) is 0 Å². The van der Waals surface area contributed by atoms with E-state index >= 15 is 0 Å². The fourth-order valence-corrected chi connectivity index (χ4v) is 4.08. The van der Waals surface area contributed by atoms with Crippen LogP contribution in [0, 0.1) is 6.92 Å². The number of nitrogens with zero attached hydrogens (tertiary/aromatic N) is 5. The smallest absolute Gasteiger partial charge is 0.155 e. The van der Waals surface area contributed by atoms with Crippen molar-refractivity contribution in [3.63, 3.8) is 0 Å². The monoisotopic (exact) mass is 426 g/mol. The van der Waals surface area contributed by atoms with Crippen LogP contribution in [0.1, 0.15) is 17.3 Å². The number of aliphatic hydroxyl groups is 2. The minimum Gasteiger partial charge on any atom is -0.395 e. The summed E-state index contributed by atoms with van der Waals surface area (Å²) in [6.07, 6.45) is 2.77. The van der Waals surface area contributed by atoms with Crippen LogP contribution in [0.15, 0.2) is 41.9 Å². The van der Waals surface area contributed by atoms with E-state index in [4.69, 9.17) is 10.1 Å². The molecule has 4 rings (SSSR count). The highest BCUT2D eigenvalue weighted by Gasteiger charge is 2.15. The molecule has 0 spiro atoms. The largest absolute Gasteiger partial charge is 0.395 e. The number of pyridine rings is 1.